The van der Waals surface area contributed by atoms with Gasteiger partial charge in [0.2, 0.25) is 0 Å². The fourth-order valence-corrected chi connectivity index (χ4v) is 9.72. The molecule has 0 heterocycles. The Morgan fingerprint density at radius 1 is 0.865 bits per heavy atom. The second kappa shape index (κ2) is 8.59. The molecule has 37 heavy (non-hydrogen) atoms. The molecule has 0 spiro atoms. The Morgan fingerprint density at radius 3 is 2.08 bits per heavy atom. The second-order valence-corrected chi connectivity index (χ2v) is 13.7. The van der Waals surface area contributed by atoms with Crippen LogP contribution in [0.25, 0.3) is 0 Å². The lowest BCUT2D eigenvalue weighted by molar-refractivity contribution is -0.256. The molecule has 0 radical (unpaired) electrons. The number of carbonyl (C=O) groups excluding carboxylic acids is 2. The Kier molecular flexibility index (Phi) is 6.02. The summed E-state index contributed by atoms with van der Waals surface area (Å²) in [6.45, 7) is 2.66. The molecule has 208 valence electrons. The van der Waals surface area contributed by atoms with Crippen molar-refractivity contribution in [1.29, 1.82) is 0 Å². The van der Waals surface area contributed by atoms with E-state index in [0.29, 0.717) is 50.5 Å². The van der Waals surface area contributed by atoms with Gasteiger partial charge in [0, 0.05) is 25.2 Å². The first-order valence-electron chi connectivity index (χ1n) is 14.1. The van der Waals surface area contributed by atoms with Crippen LogP contribution in [0.15, 0.2) is 0 Å². The predicted octanol–water partition coefficient (Wildman–Crippen LogP) is 4.18. The van der Waals surface area contributed by atoms with Crippen molar-refractivity contribution in [2.45, 2.75) is 113 Å². The van der Waals surface area contributed by atoms with Gasteiger partial charge in [0.05, 0.1) is 23.4 Å². The van der Waals surface area contributed by atoms with Crippen LogP contribution in [-0.4, -0.2) is 65.2 Å². The molecular formula is C28H40F2O7. The lowest BCUT2D eigenvalue weighted by Gasteiger charge is -2.63. The zero-order valence-electron chi connectivity index (χ0n) is 21.9. The molecule has 0 amide bonds. The van der Waals surface area contributed by atoms with E-state index in [0.717, 1.165) is 44.9 Å². The van der Waals surface area contributed by atoms with Crippen molar-refractivity contribution >= 4 is 11.9 Å². The summed E-state index contributed by atoms with van der Waals surface area (Å²) in [5.41, 5.74) is -2.29. The van der Waals surface area contributed by atoms with Gasteiger partial charge in [0.25, 0.3) is 0 Å². The number of hydrogen-bond acceptors (Lipinski definition) is 7. The molecule has 8 aliphatic carbocycles. The van der Waals surface area contributed by atoms with E-state index >= 15 is 0 Å². The third-order valence-electron chi connectivity index (χ3n) is 10.7. The maximum atomic E-state index is 13.5. The monoisotopic (exact) mass is 526 g/mol. The van der Waals surface area contributed by atoms with Crippen LogP contribution in [0.4, 0.5) is 8.78 Å². The fourth-order valence-electron chi connectivity index (χ4n) is 9.72. The molecule has 9 heteroatoms. The zero-order valence-corrected chi connectivity index (χ0v) is 21.9. The first-order valence-corrected chi connectivity index (χ1v) is 14.1. The zero-order chi connectivity index (χ0) is 26.3. The number of ether oxygens (including phenoxy) is 4. The lowest BCUT2D eigenvalue weighted by Crippen LogP contribution is -2.65. The average molecular weight is 527 g/mol. The summed E-state index contributed by atoms with van der Waals surface area (Å²) in [4.78, 5) is 24.5. The molecule has 0 aromatic heterocycles. The second-order valence-electron chi connectivity index (χ2n) is 13.7. The van der Waals surface area contributed by atoms with Gasteiger partial charge in [-0.05, 0) is 88.9 Å². The molecule has 8 bridgehead atoms. The molecule has 0 aromatic carbocycles. The number of alkyl halides is 2. The van der Waals surface area contributed by atoms with E-state index in [1.165, 1.54) is 6.42 Å². The maximum absolute atomic E-state index is 13.5. The Balaban J connectivity index is 0.977. The van der Waals surface area contributed by atoms with E-state index < -0.39 is 34.7 Å². The molecule has 0 aliphatic heterocycles. The van der Waals surface area contributed by atoms with Crippen molar-refractivity contribution in [2.24, 2.45) is 29.6 Å². The number of esters is 2. The molecule has 7 nitrogen and oxygen atoms in total. The quantitative estimate of drug-likeness (QED) is 0.356. The third kappa shape index (κ3) is 4.71. The van der Waals surface area contributed by atoms with Crippen molar-refractivity contribution in [3.05, 3.63) is 0 Å². The first kappa shape index (κ1) is 25.9. The van der Waals surface area contributed by atoms with E-state index in [-0.39, 0.29) is 30.7 Å². The molecule has 4 unspecified atom stereocenters. The Labute approximate surface area is 216 Å². The van der Waals surface area contributed by atoms with Gasteiger partial charge >= 0.3 is 17.9 Å². The molecule has 8 aliphatic rings. The van der Waals surface area contributed by atoms with Crippen LogP contribution in [0.3, 0.4) is 0 Å². The molecule has 8 rings (SSSR count). The highest BCUT2D eigenvalue weighted by Gasteiger charge is 2.64. The number of carbonyl (C=O) groups is 2. The average Bonchev–Trinajstić information content (AvgIpc) is 2.76. The minimum atomic E-state index is -3.52. The van der Waals surface area contributed by atoms with E-state index in [9.17, 15) is 23.5 Å². The summed E-state index contributed by atoms with van der Waals surface area (Å²) in [6.07, 6.45) is 9.26. The fraction of sp³-hybridized carbons (Fsp3) is 0.929. The molecule has 4 atom stereocenters. The summed E-state index contributed by atoms with van der Waals surface area (Å²) >= 11 is 0. The highest BCUT2D eigenvalue weighted by atomic mass is 19.3. The number of rotatable bonds is 9. The molecule has 0 saturated heterocycles. The van der Waals surface area contributed by atoms with Crippen LogP contribution in [0.2, 0.25) is 0 Å². The topological polar surface area (TPSA) is 91.3 Å². The van der Waals surface area contributed by atoms with Crippen LogP contribution in [0, 0.1) is 29.6 Å². The summed E-state index contributed by atoms with van der Waals surface area (Å²) in [5.74, 6) is -4.11. The Hall–Kier alpha value is -1.32. The summed E-state index contributed by atoms with van der Waals surface area (Å²) in [6, 6.07) is 0. The van der Waals surface area contributed by atoms with Crippen molar-refractivity contribution in [3.63, 3.8) is 0 Å². The first-order chi connectivity index (χ1) is 17.3. The molecule has 8 saturated carbocycles. The van der Waals surface area contributed by atoms with Crippen molar-refractivity contribution in [1.82, 2.24) is 0 Å². The van der Waals surface area contributed by atoms with Gasteiger partial charge in [-0.25, -0.2) is 9.59 Å². The standard InChI is InChI=1S/C28H40F2O7/c1-24(37-23(32)25(2,29)30)20-6-17-7-21(24)14-27(10-17,13-20)36-15-22(31)34-3-4-35-28-11-18-5-19(12-28)9-26(33,8-18)16-28/h17-21,33H,3-16H2,1-2H3. The predicted molar refractivity (Wildman–Crippen MR) is 127 cm³/mol. The van der Waals surface area contributed by atoms with Crippen LogP contribution in [0.5, 0.6) is 0 Å². The van der Waals surface area contributed by atoms with Crippen LogP contribution in [0.1, 0.15) is 84.5 Å². The van der Waals surface area contributed by atoms with Gasteiger partial charge in [0.15, 0.2) is 0 Å². The third-order valence-corrected chi connectivity index (χ3v) is 10.7. The van der Waals surface area contributed by atoms with Gasteiger partial charge in [-0.1, -0.05) is 0 Å². The van der Waals surface area contributed by atoms with Crippen LogP contribution < -0.4 is 0 Å². The lowest BCUT2D eigenvalue weighted by atomic mass is 9.48. The van der Waals surface area contributed by atoms with Crippen molar-refractivity contribution in [2.75, 3.05) is 19.8 Å². The van der Waals surface area contributed by atoms with Crippen molar-refractivity contribution in [3.8, 4) is 0 Å². The van der Waals surface area contributed by atoms with Gasteiger partial charge in [-0.2, -0.15) is 8.78 Å². The minimum Gasteiger partial charge on any atom is -0.462 e. The summed E-state index contributed by atoms with van der Waals surface area (Å²) < 4.78 is 50.4. The van der Waals surface area contributed by atoms with Gasteiger partial charge in [-0.15, -0.1) is 0 Å². The van der Waals surface area contributed by atoms with E-state index in [4.69, 9.17) is 18.9 Å². The normalized spacial score (nSPS) is 47.3. The number of aliphatic hydroxyl groups is 1. The number of hydrogen-bond donors (Lipinski definition) is 1. The Bertz CT molecular complexity index is 915. The Morgan fingerprint density at radius 2 is 1.49 bits per heavy atom. The largest absolute Gasteiger partial charge is 0.462 e. The highest BCUT2D eigenvalue weighted by molar-refractivity contribution is 5.77. The van der Waals surface area contributed by atoms with Crippen LogP contribution >= 0.6 is 0 Å². The van der Waals surface area contributed by atoms with E-state index in [2.05, 4.69) is 0 Å². The van der Waals surface area contributed by atoms with Gasteiger partial charge < -0.3 is 24.1 Å². The van der Waals surface area contributed by atoms with Gasteiger partial charge in [0.1, 0.15) is 18.8 Å². The van der Waals surface area contributed by atoms with E-state index in [1.54, 1.807) is 6.92 Å². The van der Waals surface area contributed by atoms with Gasteiger partial charge in [-0.3, -0.25) is 0 Å². The summed E-state index contributed by atoms with van der Waals surface area (Å²) in [7, 11) is 0. The van der Waals surface area contributed by atoms with Crippen molar-refractivity contribution < 1.29 is 42.4 Å². The smallest absolute Gasteiger partial charge is 0.377 e. The molecular weight excluding hydrogens is 486 g/mol. The van der Waals surface area contributed by atoms with E-state index in [1.807, 2.05) is 0 Å². The minimum absolute atomic E-state index is 0.0652. The SMILES string of the molecule is CC(F)(F)C(=O)OC1(C)C2CC3CC1CC(OCC(=O)OCCOC14CC5CC(CC(O)(C5)C1)C4)(C3)C2. The molecule has 1 N–H and O–H groups in total. The number of halogens is 2. The molecule has 0 aromatic rings. The molecule has 8 fully saturated rings. The maximum Gasteiger partial charge on any atom is 0.377 e. The summed E-state index contributed by atoms with van der Waals surface area (Å²) in [5, 5.41) is 10.9. The highest BCUT2D eigenvalue weighted by Crippen LogP contribution is 2.62. The van der Waals surface area contributed by atoms with Crippen LogP contribution in [-0.2, 0) is 28.5 Å².